The molecule has 2 unspecified atom stereocenters. The Hall–Kier alpha value is -2.09. The van der Waals surface area contributed by atoms with E-state index in [-0.39, 0.29) is 24.0 Å². The number of aromatic nitrogens is 2. The fourth-order valence-electron chi connectivity index (χ4n) is 3.62. The van der Waals surface area contributed by atoms with Crippen molar-refractivity contribution in [1.82, 2.24) is 14.7 Å². The van der Waals surface area contributed by atoms with Crippen LogP contribution >= 0.6 is 0 Å². The molecule has 156 valence electrons. The third-order valence-electron chi connectivity index (χ3n) is 5.01. The number of anilines is 1. The lowest BCUT2D eigenvalue weighted by atomic mass is 9.97. The van der Waals surface area contributed by atoms with Crippen LogP contribution in [0.5, 0.6) is 0 Å². The first-order valence-corrected chi connectivity index (χ1v) is 10.2. The summed E-state index contributed by atoms with van der Waals surface area (Å²) in [6.45, 7) is 8.04. The van der Waals surface area contributed by atoms with E-state index >= 15 is 0 Å². The molecule has 8 heteroatoms. The average molecular weight is 393 g/mol. The lowest BCUT2D eigenvalue weighted by Gasteiger charge is -2.33. The molecule has 0 radical (unpaired) electrons. The van der Waals surface area contributed by atoms with Gasteiger partial charge in [0, 0.05) is 25.9 Å². The molecule has 0 aromatic carbocycles. The summed E-state index contributed by atoms with van der Waals surface area (Å²) in [5, 5.41) is 7.26. The second kappa shape index (κ2) is 8.94. The van der Waals surface area contributed by atoms with Crippen LogP contribution in [0.1, 0.15) is 52.9 Å². The summed E-state index contributed by atoms with van der Waals surface area (Å²) in [7, 11) is 0. The molecule has 2 atom stereocenters. The second-order valence-electron chi connectivity index (χ2n) is 8.69. The zero-order valence-corrected chi connectivity index (χ0v) is 17.1. The highest BCUT2D eigenvalue weighted by molar-refractivity contribution is 5.92. The molecule has 8 nitrogen and oxygen atoms in total. The van der Waals surface area contributed by atoms with Crippen LogP contribution in [0.2, 0.25) is 0 Å². The molecule has 2 amide bonds. The van der Waals surface area contributed by atoms with Gasteiger partial charge in [0.25, 0.3) is 0 Å². The van der Waals surface area contributed by atoms with E-state index in [1.807, 2.05) is 31.6 Å². The molecule has 2 aliphatic heterocycles. The molecule has 1 aromatic heterocycles. The van der Waals surface area contributed by atoms with Gasteiger partial charge >= 0.3 is 6.09 Å². The maximum Gasteiger partial charge on any atom is 0.410 e. The van der Waals surface area contributed by atoms with E-state index in [1.165, 1.54) is 6.42 Å². The highest BCUT2D eigenvalue weighted by Crippen LogP contribution is 2.21. The van der Waals surface area contributed by atoms with Crippen LogP contribution in [-0.2, 0) is 20.8 Å². The van der Waals surface area contributed by atoms with Crippen molar-refractivity contribution in [2.24, 2.45) is 5.92 Å². The molecule has 0 saturated carbocycles. The van der Waals surface area contributed by atoms with E-state index in [4.69, 9.17) is 9.47 Å². The fraction of sp³-hybridized carbons (Fsp3) is 0.750. The molecular weight excluding hydrogens is 360 g/mol. The van der Waals surface area contributed by atoms with Crippen molar-refractivity contribution >= 4 is 17.7 Å². The topological polar surface area (TPSA) is 85.7 Å². The molecule has 3 rings (SSSR count). The number of amides is 2. The number of nitrogens with zero attached hydrogens (tertiary/aromatic N) is 3. The van der Waals surface area contributed by atoms with Crippen molar-refractivity contribution < 1.29 is 19.1 Å². The Kier molecular flexibility index (Phi) is 6.59. The molecule has 0 aliphatic carbocycles. The van der Waals surface area contributed by atoms with Crippen LogP contribution in [0.4, 0.5) is 10.5 Å². The Morgan fingerprint density at radius 3 is 2.82 bits per heavy atom. The summed E-state index contributed by atoms with van der Waals surface area (Å²) in [5.41, 5.74) is 0.137. The normalized spacial score (nSPS) is 23.3. The van der Waals surface area contributed by atoms with Crippen LogP contribution < -0.4 is 5.32 Å². The van der Waals surface area contributed by atoms with Gasteiger partial charge in [0.05, 0.1) is 30.5 Å². The van der Waals surface area contributed by atoms with Gasteiger partial charge in [0.15, 0.2) is 0 Å². The first kappa shape index (κ1) is 20.6. The molecule has 28 heavy (non-hydrogen) atoms. The maximum atomic E-state index is 12.7. The summed E-state index contributed by atoms with van der Waals surface area (Å²) in [4.78, 5) is 26.6. The summed E-state index contributed by atoms with van der Waals surface area (Å²) in [6.07, 6.45) is 8.24. The Labute approximate surface area is 166 Å². The molecule has 1 aromatic rings. The molecule has 1 N–H and O–H groups in total. The molecular formula is C20H32N4O4. The Balaban J connectivity index is 1.50. The van der Waals surface area contributed by atoms with E-state index < -0.39 is 5.60 Å². The van der Waals surface area contributed by atoms with Crippen molar-refractivity contribution in [1.29, 1.82) is 0 Å². The monoisotopic (exact) mass is 392 g/mol. The van der Waals surface area contributed by atoms with Crippen LogP contribution in [-0.4, -0.2) is 58.1 Å². The number of ether oxygens (including phenoxy) is 2. The van der Waals surface area contributed by atoms with Crippen molar-refractivity contribution in [2.45, 2.75) is 71.1 Å². The van der Waals surface area contributed by atoms with Crippen molar-refractivity contribution in [2.75, 3.05) is 25.0 Å². The van der Waals surface area contributed by atoms with E-state index in [0.717, 1.165) is 32.3 Å². The average Bonchev–Trinajstić information content (AvgIpc) is 3.08. The Morgan fingerprint density at radius 1 is 1.29 bits per heavy atom. The van der Waals surface area contributed by atoms with Crippen LogP contribution in [0, 0.1) is 5.92 Å². The number of rotatable bonds is 4. The van der Waals surface area contributed by atoms with Gasteiger partial charge in [-0.2, -0.15) is 5.10 Å². The van der Waals surface area contributed by atoms with Gasteiger partial charge in [-0.3, -0.25) is 9.48 Å². The summed E-state index contributed by atoms with van der Waals surface area (Å²) >= 11 is 0. The van der Waals surface area contributed by atoms with Crippen LogP contribution in [0.25, 0.3) is 0 Å². The third-order valence-corrected chi connectivity index (χ3v) is 5.01. The largest absolute Gasteiger partial charge is 0.444 e. The van der Waals surface area contributed by atoms with Crippen molar-refractivity contribution in [3.05, 3.63) is 12.4 Å². The minimum atomic E-state index is -0.539. The quantitative estimate of drug-likeness (QED) is 0.851. The lowest BCUT2D eigenvalue weighted by molar-refractivity contribution is -0.121. The van der Waals surface area contributed by atoms with Crippen molar-refractivity contribution in [3.63, 3.8) is 0 Å². The van der Waals surface area contributed by atoms with Gasteiger partial charge in [-0.05, 0) is 52.9 Å². The van der Waals surface area contributed by atoms with Crippen LogP contribution in [0.3, 0.4) is 0 Å². The first-order chi connectivity index (χ1) is 13.3. The van der Waals surface area contributed by atoms with Gasteiger partial charge in [-0.25, -0.2) is 4.79 Å². The minimum absolute atomic E-state index is 0.0817. The number of likely N-dealkylation sites (tertiary alicyclic amines) is 1. The van der Waals surface area contributed by atoms with Gasteiger partial charge in [-0.1, -0.05) is 0 Å². The highest BCUT2D eigenvalue weighted by atomic mass is 16.6. The van der Waals surface area contributed by atoms with E-state index in [1.54, 1.807) is 11.1 Å². The summed E-state index contributed by atoms with van der Waals surface area (Å²) in [6, 6.07) is 0. The lowest BCUT2D eigenvalue weighted by Crippen LogP contribution is -2.45. The first-order valence-electron chi connectivity index (χ1n) is 10.2. The summed E-state index contributed by atoms with van der Waals surface area (Å²) in [5.74, 6) is -0.326. The number of nitrogens with one attached hydrogen (secondary N) is 1. The molecule has 3 heterocycles. The van der Waals surface area contributed by atoms with Gasteiger partial charge < -0.3 is 19.7 Å². The molecule has 2 saturated heterocycles. The number of hydrogen-bond acceptors (Lipinski definition) is 5. The van der Waals surface area contributed by atoms with E-state index in [0.29, 0.717) is 25.3 Å². The van der Waals surface area contributed by atoms with Gasteiger partial charge in [0.1, 0.15) is 5.60 Å². The minimum Gasteiger partial charge on any atom is -0.444 e. The number of piperidine rings is 1. The second-order valence-corrected chi connectivity index (χ2v) is 8.69. The number of hydrogen-bond donors (Lipinski definition) is 1. The molecule has 2 aliphatic rings. The maximum absolute atomic E-state index is 12.7. The number of carbonyl (C=O) groups is 2. The third kappa shape index (κ3) is 5.95. The van der Waals surface area contributed by atoms with Gasteiger partial charge in [-0.15, -0.1) is 0 Å². The number of carbonyl (C=O) groups excluding carboxylic acids is 2. The fourth-order valence-corrected chi connectivity index (χ4v) is 3.62. The summed E-state index contributed by atoms with van der Waals surface area (Å²) < 4.78 is 13.0. The van der Waals surface area contributed by atoms with Crippen LogP contribution in [0.15, 0.2) is 12.4 Å². The van der Waals surface area contributed by atoms with E-state index in [2.05, 4.69) is 10.4 Å². The standard InChI is InChI=1S/C20H32N4O4/c1-20(2,3)28-19(26)23-9-6-7-15(12-23)18(25)22-16-11-21-24(13-16)14-17-8-4-5-10-27-17/h11,13,15,17H,4-10,12,14H2,1-3H3,(H,22,25). The highest BCUT2D eigenvalue weighted by Gasteiger charge is 2.31. The molecule has 2 fully saturated rings. The Morgan fingerprint density at radius 2 is 2.11 bits per heavy atom. The molecule has 0 bridgehead atoms. The predicted octanol–water partition coefficient (Wildman–Crippen LogP) is 3.04. The Bertz CT molecular complexity index is 676. The smallest absolute Gasteiger partial charge is 0.410 e. The SMILES string of the molecule is CC(C)(C)OC(=O)N1CCCC(C(=O)Nc2cnn(CC3CCCCO3)c2)C1. The zero-order valence-electron chi connectivity index (χ0n) is 17.1. The van der Waals surface area contributed by atoms with E-state index in [9.17, 15) is 9.59 Å². The predicted molar refractivity (Wildman–Crippen MR) is 105 cm³/mol. The molecule has 0 spiro atoms. The van der Waals surface area contributed by atoms with Gasteiger partial charge in [0.2, 0.25) is 5.91 Å². The zero-order chi connectivity index (χ0) is 20.1. The van der Waals surface area contributed by atoms with Crippen molar-refractivity contribution in [3.8, 4) is 0 Å².